The van der Waals surface area contributed by atoms with Gasteiger partial charge in [-0.3, -0.25) is 4.90 Å². The number of rotatable bonds is 9. The number of piperidine rings is 2. The number of ether oxygens (including phenoxy) is 1. The minimum Gasteiger partial charge on any atom is -0.385 e. The molecule has 0 bridgehead atoms. The number of H-pyrrole nitrogens is 1. The van der Waals surface area contributed by atoms with Crippen LogP contribution < -0.4 is 11.1 Å². The molecule has 5 heterocycles. The number of imidazole rings is 1. The third kappa shape index (κ3) is 5.74. The molecule has 0 spiro atoms. The molecular formula is C33H41N9O. The zero-order valence-corrected chi connectivity index (χ0v) is 24.9. The average Bonchev–Trinajstić information content (AvgIpc) is 3.63. The number of methoxy groups -OCH3 is 1. The smallest absolute Gasteiger partial charge is 0.164 e. The largest absolute Gasteiger partial charge is 0.385 e. The van der Waals surface area contributed by atoms with Crippen molar-refractivity contribution >= 4 is 27.9 Å². The molecular weight excluding hydrogens is 538 g/mol. The van der Waals surface area contributed by atoms with Crippen LogP contribution in [0.15, 0.2) is 54.9 Å². The van der Waals surface area contributed by atoms with Gasteiger partial charge in [-0.15, -0.1) is 0 Å². The number of hydrogen-bond acceptors (Lipinski definition) is 8. The molecule has 0 amide bonds. The zero-order chi connectivity index (χ0) is 29.2. The molecule has 5 aromatic rings. The Morgan fingerprint density at radius 2 is 1.88 bits per heavy atom. The van der Waals surface area contributed by atoms with Crippen molar-refractivity contribution in [2.45, 2.75) is 63.1 Å². The van der Waals surface area contributed by atoms with E-state index in [0.29, 0.717) is 17.9 Å². The molecule has 7 rings (SSSR count). The van der Waals surface area contributed by atoms with Crippen LogP contribution in [0.2, 0.25) is 0 Å². The first-order valence-corrected chi connectivity index (χ1v) is 15.6. The van der Waals surface area contributed by atoms with Crippen molar-refractivity contribution in [3.8, 4) is 11.3 Å². The van der Waals surface area contributed by atoms with E-state index in [1.54, 1.807) is 13.4 Å². The van der Waals surface area contributed by atoms with Crippen molar-refractivity contribution in [1.82, 2.24) is 39.9 Å². The number of aromatic amines is 1. The van der Waals surface area contributed by atoms with Crippen molar-refractivity contribution in [3.05, 3.63) is 66.2 Å². The number of nitrogen functional groups attached to an aromatic ring is 1. The summed E-state index contributed by atoms with van der Waals surface area (Å²) in [5.41, 5.74) is 12.3. The van der Waals surface area contributed by atoms with Crippen LogP contribution in [0.25, 0.3) is 33.3 Å². The number of nitrogens with two attached hydrogens (primary N) is 1. The highest BCUT2D eigenvalue weighted by atomic mass is 16.5. The molecule has 2 saturated heterocycles. The standard InChI is InChI=1S/C33H41N9O/c1-43-17-5-8-25-20-26(13-16-41(25)24-11-14-35-15-12-24)42-33-30(32(34)36-21-37-33)31(40-42)23-9-10-27-28(19-23)39-29(38-27)18-22-6-3-2-4-7-22/h2-4,6-7,9-10,19,21,24-26,35H,5,8,11-18,20H2,1H3,(H,38,39)(H2,34,36,37)/t25-,26?/m1/s1. The summed E-state index contributed by atoms with van der Waals surface area (Å²) in [5.74, 6) is 1.40. The molecule has 0 aliphatic carbocycles. The van der Waals surface area contributed by atoms with E-state index in [0.717, 1.165) is 97.5 Å². The Bertz CT molecular complexity index is 1670. The average molecular weight is 580 g/mol. The molecule has 0 radical (unpaired) electrons. The fraction of sp³-hybridized carbons (Fsp3) is 0.455. The van der Waals surface area contributed by atoms with E-state index in [1.165, 1.54) is 18.4 Å². The van der Waals surface area contributed by atoms with Gasteiger partial charge in [0, 0.05) is 44.3 Å². The Balaban J connectivity index is 1.20. The van der Waals surface area contributed by atoms with Crippen LogP contribution in [0.1, 0.15) is 56.0 Å². The maximum atomic E-state index is 6.52. The predicted octanol–water partition coefficient (Wildman–Crippen LogP) is 4.73. The van der Waals surface area contributed by atoms with E-state index in [1.807, 2.05) is 6.07 Å². The Morgan fingerprint density at radius 3 is 2.72 bits per heavy atom. The minimum atomic E-state index is 0.240. The van der Waals surface area contributed by atoms with Gasteiger partial charge in [-0.2, -0.15) is 5.10 Å². The lowest BCUT2D eigenvalue weighted by Gasteiger charge is -2.45. The lowest BCUT2D eigenvalue weighted by molar-refractivity contribution is 0.0440. The van der Waals surface area contributed by atoms with Crippen molar-refractivity contribution in [1.29, 1.82) is 0 Å². The molecule has 2 fully saturated rings. The van der Waals surface area contributed by atoms with Crippen LogP contribution in [0.4, 0.5) is 5.82 Å². The Hall–Kier alpha value is -3.86. The number of nitrogens with one attached hydrogen (secondary N) is 2. The van der Waals surface area contributed by atoms with Crippen molar-refractivity contribution < 1.29 is 4.74 Å². The van der Waals surface area contributed by atoms with Crippen LogP contribution in [-0.2, 0) is 11.2 Å². The first-order valence-electron chi connectivity index (χ1n) is 15.6. The monoisotopic (exact) mass is 579 g/mol. The number of fused-ring (bicyclic) bond motifs is 2. The zero-order valence-electron chi connectivity index (χ0n) is 24.9. The van der Waals surface area contributed by atoms with Gasteiger partial charge in [0.15, 0.2) is 5.65 Å². The maximum Gasteiger partial charge on any atom is 0.164 e. The molecule has 2 aliphatic rings. The van der Waals surface area contributed by atoms with Crippen LogP contribution in [-0.4, -0.2) is 80.1 Å². The fourth-order valence-corrected chi connectivity index (χ4v) is 7.17. The second-order valence-electron chi connectivity index (χ2n) is 12.0. The van der Waals surface area contributed by atoms with E-state index < -0.39 is 0 Å². The molecule has 0 saturated carbocycles. The van der Waals surface area contributed by atoms with Gasteiger partial charge in [-0.05, 0) is 69.3 Å². The summed E-state index contributed by atoms with van der Waals surface area (Å²) in [6, 6.07) is 18.0. The molecule has 10 heteroatoms. The highest BCUT2D eigenvalue weighted by Gasteiger charge is 2.35. The van der Waals surface area contributed by atoms with E-state index in [-0.39, 0.29) is 6.04 Å². The van der Waals surface area contributed by atoms with E-state index in [2.05, 4.69) is 67.3 Å². The molecule has 224 valence electrons. The predicted molar refractivity (Wildman–Crippen MR) is 170 cm³/mol. The number of hydrogen-bond donors (Lipinski definition) is 3. The van der Waals surface area contributed by atoms with Gasteiger partial charge in [0.1, 0.15) is 23.7 Å². The third-order valence-electron chi connectivity index (χ3n) is 9.28. The summed E-state index contributed by atoms with van der Waals surface area (Å²) in [7, 11) is 1.79. The molecule has 1 unspecified atom stereocenters. The van der Waals surface area contributed by atoms with Gasteiger partial charge >= 0.3 is 0 Å². The molecule has 2 atom stereocenters. The molecule has 2 aromatic carbocycles. The quantitative estimate of drug-likeness (QED) is 0.214. The van der Waals surface area contributed by atoms with Gasteiger partial charge in [0.05, 0.1) is 22.5 Å². The molecule has 10 nitrogen and oxygen atoms in total. The Labute approximate surface area is 252 Å². The number of aromatic nitrogens is 6. The number of likely N-dealkylation sites (tertiary alicyclic amines) is 1. The maximum absolute atomic E-state index is 6.52. The highest BCUT2D eigenvalue weighted by Crippen LogP contribution is 2.38. The third-order valence-corrected chi connectivity index (χ3v) is 9.28. The van der Waals surface area contributed by atoms with Gasteiger partial charge < -0.3 is 20.8 Å². The van der Waals surface area contributed by atoms with E-state index >= 15 is 0 Å². The summed E-state index contributed by atoms with van der Waals surface area (Å²) in [4.78, 5) is 20.2. The van der Waals surface area contributed by atoms with Gasteiger partial charge in [0.2, 0.25) is 0 Å². The van der Waals surface area contributed by atoms with E-state index in [9.17, 15) is 0 Å². The van der Waals surface area contributed by atoms with E-state index in [4.69, 9.17) is 25.5 Å². The van der Waals surface area contributed by atoms with Crippen LogP contribution >= 0.6 is 0 Å². The molecule has 43 heavy (non-hydrogen) atoms. The van der Waals surface area contributed by atoms with Crippen molar-refractivity contribution in [2.24, 2.45) is 0 Å². The lowest BCUT2D eigenvalue weighted by Crippen LogP contribution is -2.52. The number of nitrogens with zero attached hydrogens (tertiary/aromatic N) is 6. The fourth-order valence-electron chi connectivity index (χ4n) is 7.17. The SMILES string of the molecule is COCCC[C@@H]1CC(n2nc(-c3ccc4nc(Cc5ccccc5)[nH]c4c3)c3c(N)ncnc32)CCN1C1CCNCC1. The van der Waals surface area contributed by atoms with Gasteiger partial charge in [0.25, 0.3) is 0 Å². The number of anilines is 1. The molecule has 2 aliphatic heterocycles. The van der Waals surface area contributed by atoms with Crippen molar-refractivity contribution in [2.75, 3.05) is 39.1 Å². The second-order valence-corrected chi connectivity index (χ2v) is 12.0. The molecule has 4 N–H and O–H groups in total. The Kier molecular flexibility index (Phi) is 8.06. The highest BCUT2D eigenvalue weighted by molar-refractivity contribution is 5.99. The first-order chi connectivity index (χ1) is 21.2. The second kappa shape index (κ2) is 12.4. The van der Waals surface area contributed by atoms with Crippen LogP contribution in [0, 0.1) is 0 Å². The Morgan fingerprint density at radius 1 is 1.02 bits per heavy atom. The van der Waals surface area contributed by atoms with Gasteiger partial charge in [-0.25, -0.2) is 19.6 Å². The van der Waals surface area contributed by atoms with Crippen molar-refractivity contribution in [3.63, 3.8) is 0 Å². The summed E-state index contributed by atoms with van der Waals surface area (Å²) >= 11 is 0. The summed E-state index contributed by atoms with van der Waals surface area (Å²) in [5, 5.41) is 9.59. The normalized spacial score (nSPS) is 20.3. The van der Waals surface area contributed by atoms with Crippen LogP contribution in [0.5, 0.6) is 0 Å². The topological polar surface area (TPSA) is 123 Å². The number of benzene rings is 2. The minimum absolute atomic E-state index is 0.240. The first kappa shape index (κ1) is 27.9. The van der Waals surface area contributed by atoms with Crippen LogP contribution in [0.3, 0.4) is 0 Å². The summed E-state index contributed by atoms with van der Waals surface area (Å²) in [6.07, 6.45) is 9.01. The molecule has 3 aromatic heterocycles. The lowest BCUT2D eigenvalue weighted by atomic mass is 9.90. The summed E-state index contributed by atoms with van der Waals surface area (Å²) < 4.78 is 7.57. The summed E-state index contributed by atoms with van der Waals surface area (Å²) in [6.45, 7) is 4.07. The van der Waals surface area contributed by atoms with Gasteiger partial charge in [-0.1, -0.05) is 36.4 Å².